The molecule has 0 aliphatic rings. The van der Waals surface area contributed by atoms with Gasteiger partial charge >= 0.3 is 5.97 Å². The van der Waals surface area contributed by atoms with E-state index in [1.165, 1.54) is 6.92 Å². The van der Waals surface area contributed by atoms with Crippen molar-refractivity contribution < 1.29 is 34.5 Å². The number of guanidine groups is 1. The molecule has 1 aromatic carbocycles. The SMILES string of the molecule is CC(O)C(NC(=O)C(CO)NC(=O)C(N)Cc1ccccc1)C(=O)NC(CCCN=C(N)N)C(=O)O. The lowest BCUT2D eigenvalue weighted by atomic mass is 10.1. The molecule has 0 spiro atoms. The van der Waals surface area contributed by atoms with Gasteiger partial charge in [-0.25, -0.2) is 4.79 Å². The van der Waals surface area contributed by atoms with Gasteiger partial charge in [-0.15, -0.1) is 0 Å². The molecule has 0 saturated carbocycles. The second-order valence-electron chi connectivity index (χ2n) is 8.12. The lowest BCUT2D eigenvalue weighted by molar-refractivity contribution is -0.143. The Balaban J connectivity index is 2.76. The summed E-state index contributed by atoms with van der Waals surface area (Å²) < 4.78 is 0. The van der Waals surface area contributed by atoms with Crippen molar-refractivity contribution in [1.82, 2.24) is 16.0 Å². The van der Waals surface area contributed by atoms with Gasteiger partial charge in [-0.05, 0) is 31.7 Å². The van der Waals surface area contributed by atoms with Crippen LogP contribution in [0.25, 0.3) is 0 Å². The highest BCUT2D eigenvalue weighted by Crippen LogP contribution is 2.04. The minimum Gasteiger partial charge on any atom is -0.480 e. The van der Waals surface area contributed by atoms with Gasteiger partial charge in [0.25, 0.3) is 0 Å². The number of amides is 3. The third-order valence-corrected chi connectivity index (χ3v) is 5.07. The lowest BCUT2D eigenvalue weighted by Gasteiger charge is -2.26. The van der Waals surface area contributed by atoms with Crippen molar-refractivity contribution in [2.45, 2.75) is 56.5 Å². The molecule has 12 N–H and O–H groups in total. The van der Waals surface area contributed by atoms with Crippen LogP contribution in [-0.2, 0) is 25.6 Å². The zero-order chi connectivity index (χ0) is 27.3. The number of rotatable bonds is 15. The number of carboxylic acids is 1. The molecule has 5 atom stereocenters. The highest BCUT2D eigenvalue weighted by Gasteiger charge is 2.32. The number of aliphatic carboxylic acids is 1. The van der Waals surface area contributed by atoms with Crippen LogP contribution in [0.2, 0.25) is 0 Å². The Morgan fingerprint density at radius 3 is 2.11 bits per heavy atom. The number of benzene rings is 1. The first-order valence-electron chi connectivity index (χ1n) is 11.2. The molecule has 5 unspecified atom stereocenters. The van der Waals surface area contributed by atoms with Gasteiger partial charge in [0.15, 0.2) is 5.96 Å². The van der Waals surface area contributed by atoms with E-state index in [9.17, 15) is 34.5 Å². The number of nitrogens with one attached hydrogen (secondary N) is 3. The fourth-order valence-corrected chi connectivity index (χ4v) is 3.12. The van der Waals surface area contributed by atoms with Gasteiger partial charge in [0.05, 0.1) is 18.8 Å². The van der Waals surface area contributed by atoms with Gasteiger partial charge in [0.2, 0.25) is 17.7 Å². The van der Waals surface area contributed by atoms with Crippen molar-refractivity contribution in [3.8, 4) is 0 Å². The standard InChI is InChI=1S/C22H35N7O7/c1-12(31)17(20(34)27-15(21(35)36)8-5-9-26-22(24)25)29-19(33)16(11-30)28-18(32)14(23)10-13-6-3-2-4-7-13/h2-4,6-7,12,14-17,30-31H,5,8-11,23H2,1H3,(H,27,34)(H,28,32)(H,29,33)(H,35,36)(H4,24,25,26). The summed E-state index contributed by atoms with van der Waals surface area (Å²) in [5, 5.41) is 35.8. The zero-order valence-corrected chi connectivity index (χ0v) is 20.0. The van der Waals surface area contributed by atoms with Gasteiger partial charge in [-0.1, -0.05) is 30.3 Å². The summed E-state index contributed by atoms with van der Waals surface area (Å²) in [5.41, 5.74) is 17.1. The number of carbonyl (C=O) groups excluding carboxylic acids is 3. The average molecular weight is 510 g/mol. The van der Waals surface area contributed by atoms with E-state index in [0.29, 0.717) is 0 Å². The number of hydrogen-bond acceptors (Lipinski definition) is 8. The van der Waals surface area contributed by atoms with E-state index in [1.54, 1.807) is 30.3 Å². The van der Waals surface area contributed by atoms with E-state index in [-0.39, 0.29) is 31.8 Å². The van der Waals surface area contributed by atoms with E-state index in [0.717, 1.165) is 5.56 Å². The van der Waals surface area contributed by atoms with Crippen molar-refractivity contribution in [1.29, 1.82) is 0 Å². The Morgan fingerprint density at radius 1 is 0.972 bits per heavy atom. The third kappa shape index (κ3) is 10.7. The molecular formula is C22H35N7O7. The van der Waals surface area contributed by atoms with Crippen LogP contribution >= 0.6 is 0 Å². The first-order valence-corrected chi connectivity index (χ1v) is 11.2. The topological polar surface area (TPSA) is 255 Å². The highest BCUT2D eigenvalue weighted by molar-refractivity contribution is 5.94. The van der Waals surface area contributed by atoms with Crippen LogP contribution in [0, 0.1) is 0 Å². The van der Waals surface area contributed by atoms with Gasteiger partial charge < -0.3 is 48.5 Å². The Bertz CT molecular complexity index is 907. The molecule has 0 aromatic heterocycles. The van der Waals surface area contributed by atoms with E-state index in [2.05, 4.69) is 20.9 Å². The number of aliphatic hydroxyl groups is 2. The summed E-state index contributed by atoms with van der Waals surface area (Å²) in [6.07, 6.45) is -1.03. The number of hydrogen-bond donors (Lipinski definition) is 9. The van der Waals surface area contributed by atoms with Crippen molar-refractivity contribution in [3.63, 3.8) is 0 Å². The fourth-order valence-electron chi connectivity index (χ4n) is 3.12. The maximum Gasteiger partial charge on any atom is 0.326 e. The summed E-state index contributed by atoms with van der Waals surface area (Å²) in [5.74, 6) is -4.15. The molecule has 0 heterocycles. The minimum absolute atomic E-state index is 0.0209. The van der Waals surface area contributed by atoms with E-state index in [1.807, 2.05) is 0 Å². The molecule has 36 heavy (non-hydrogen) atoms. The Morgan fingerprint density at radius 2 is 1.58 bits per heavy atom. The van der Waals surface area contributed by atoms with Crippen LogP contribution in [0.3, 0.4) is 0 Å². The monoisotopic (exact) mass is 509 g/mol. The van der Waals surface area contributed by atoms with Crippen LogP contribution in [0.5, 0.6) is 0 Å². The van der Waals surface area contributed by atoms with Crippen molar-refractivity contribution in [3.05, 3.63) is 35.9 Å². The largest absolute Gasteiger partial charge is 0.480 e. The maximum absolute atomic E-state index is 12.6. The minimum atomic E-state index is -1.57. The van der Waals surface area contributed by atoms with Crippen LogP contribution in [0.15, 0.2) is 35.3 Å². The van der Waals surface area contributed by atoms with Crippen LogP contribution in [0.4, 0.5) is 0 Å². The first-order chi connectivity index (χ1) is 17.0. The molecule has 0 bridgehead atoms. The van der Waals surface area contributed by atoms with Crippen molar-refractivity contribution in [2.75, 3.05) is 13.2 Å². The Labute approximate surface area is 208 Å². The van der Waals surface area contributed by atoms with Gasteiger partial charge in [0.1, 0.15) is 18.1 Å². The number of nitrogens with two attached hydrogens (primary N) is 3. The number of aliphatic hydroxyl groups excluding tert-OH is 2. The van der Waals surface area contributed by atoms with E-state index < -0.39 is 60.6 Å². The number of nitrogens with zero attached hydrogens (tertiary/aromatic N) is 1. The molecule has 3 amide bonds. The summed E-state index contributed by atoms with van der Waals surface area (Å²) in [7, 11) is 0. The molecule has 1 aromatic rings. The molecule has 14 heteroatoms. The summed E-state index contributed by atoms with van der Waals surface area (Å²) >= 11 is 0. The summed E-state index contributed by atoms with van der Waals surface area (Å²) in [6, 6.07) is 3.54. The fraction of sp³-hybridized carbons (Fsp3) is 0.500. The van der Waals surface area contributed by atoms with Crippen LogP contribution in [0.1, 0.15) is 25.3 Å². The van der Waals surface area contributed by atoms with Crippen LogP contribution in [-0.4, -0.2) is 88.4 Å². The maximum atomic E-state index is 12.6. The molecule has 0 aliphatic carbocycles. The van der Waals surface area contributed by atoms with Gasteiger partial charge in [0, 0.05) is 6.54 Å². The van der Waals surface area contributed by atoms with Gasteiger partial charge in [-0.2, -0.15) is 0 Å². The van der Waals surface area contributed by atoms with Crippen LogP contribution < -0.4 is 33.2 Å². The second kappa shape index (κ2) is 15.3. The van der Waals surface area contributed by atoms with Crippen molar-refractivity contribution >= 4 is 29.7 Å². The quantitative estimate of drug-likeness (QED) is 0.0640. The lowest BCUT2D eigenvalue weighted by Crippen LogP contribution is -2.60. The Hall–Kier alpha value is -3.75. The number of carboxylic acid groups (broad SMARTS) is 1. The second-order valence-corrected chi connectivity index (χ2v) is 8.12. The molecule has 14 nitrogen and oxygen atoms in total. The highest BCUT2D eigenvalue weighted by atomic mass is 16.4. The van der Waals surface area contributed by atoms with Gasteiger partial charge in [-0.3, -0.25) is 19.4 Å². The molecular weight excluding hydrogens is 474 g/mol. The first kappa shape index (κ1) is 30.3. The van der Waals surface area contributed by atoms with E-state index in [4.69, 9.17) is 17.2 Å². The van der Waals surface area contributed by atoms with Crippen molar-refractivity contribution in [2.24, 2.45) is 22.2 Å². The number of carbonyl (C=O) groups is 4. The normalized spacial score (nSPS) is 14.9. The summed E-state index contributed by atoms with van der Waals surface area (Å²) in [6.45, 7) is 0.538. The predicted octanol–water partition coefficient (Wildman–Crippen LogP) is -3.48. The molecule has 0 aliphatic heterocycles. The third-order valence-electron chi connectivity index (χ3n) is 5.07. The molecule has 200 valence electrons. The molecule has 0 fully saturated rings. The average Bonchev–Trinajstić information content (AvgIpc) is 2.82. The summed E-state index contributed by atoms with van der Waals surface area (Å²) in [4.78, 5) is 52.9. The molecule has 0 saturated heterocycles. The molecule has 0 radical (unpaired) electrons. The smallest absolute Gasteiger partial charge is 0.326 e. The Kier molecular flexibility index (Phi) is 12.9. The number of aliphatic imine (C=N–C) groups is 1. The molecule has 1 rings (SSSR count). The van der Waals surface area contributed by atoms with E-state index >= 15 is 0 Å². The predicted molar refractivity (Wildman–Crippen MR) is 130 cm³/mol. The zero-order valence-electron chi connectivity index (χ0n) is 20.0.